The quantitative estimate of drug-likeness (QED) is 0.741. The van der Waals surface area contributed by atoms with Crippen LogP contribution in [0.25, 0.3) is 0 Å². The average Bonchev–Trinajstić information content (AvgIpc) is 2.33. The van der Waals surface area contributed by atoms with Crippen LogP contribution in [-0.2, 0) is 4.79 Å². The van der Waals surface area contributed by atoms with E-state index in [-0.39, 0.29) is 12.2 Å². The largest absolute Gasteiger partial charge is 0.481 e. The summed E-state index contributed by atoms with van der Waals surface area (Å²) in [6.45, 7) is 6.45. The van der Waals surface area contributed by atoms with E-state index in [9.17, 15) is 9.59 Å². The van der Waals surface area contributed by atoms with Crippen molar-refractivity contribution in [1.82, 2.24) is 5.32 Å². The molecular formula is C15H21NO3. The Bertz CT molecular complexity index is 468. The first-order valence-corrected chi connectivity index (χ1v) is 6.52. The number of Topliss-reactive ketones (excluding diaryl/α,β-unsaturated/α-hetero) is 1. The van der Waals surface area contributed by atoms with E-state index in [1.807, 2.05) is 32.9 Å². The van der Waals surface area contributed by atoms with Gasteiger partial charge >= 0.3 is 5.97 Å². The first-order chi connectivity index (χ1) is 8.95. The van der Waals surface area contributed by atoms with Crippen LogP contribution in [0, 0.1) is 13.8 Å². The standard InChI is InChI=1S/C15H21NO3/c1-4-7-16-13(9-14(17)18)15(19)12-6-5-10(2)8-11(12)3/h5-6,8,13,16H,4,7,9H2,1-3H3,(H,17,18). The van der Waals surface area contributed by atoms with Gasteiger partial charge in [0.05, 0.1) is 12.5 Å². The summed E-state index contributed by atoms with van der Waals surface area (Å²) in [6, 6.07) is 4.93. The zero-order valence-corrected chi connectivity index (χ0v) is 11.7. The predicted molar refractivity (Wildman–Crippen MR) is 74.6 cm³/mol. The van der Waals surface area contributed by atoms with E-state index < -0.39 is 12.0 Å². The van der Waals surface area contributed by atoms with Crippen molar-refractivity contribution < 1.29 is 14.7 Å². The Morgan fingerprint density at radius 1 is 1.32 bits per heavy atom. The number of hydrogen-bond acceptors (Lipinski definition) is 3. The van der Waals surface area contributed by atoms with Gasteiger partial charge in [0.1, 0.15) is 0 Å². The molecule has 0 radical (unpaired) electrons. The highest BCUT2D eigenvalue weighted by atomic mass is 16.4. The summed E-state index contributed by atoms with van der Waals surface area (Å²) in [5.74, 6) is -1.11. The van der Waals surface area contributed by atoms with Crippen LogP contribution in [0.4, 0.5) is 0 Å². The van der Waals surface area contributed by atoms with Gasteiger partial charge in [-0.2, -0.15) is 0 Å². The molecule has 1 aromatic rings. The van der Waals surface area contributed by atoms with Crippen molar-refractivity contribution in [3.05, 3.63) is 34.9 Å². The molecule has 1 atom stereocenters. The molecule has 0 aliphatic carbocycles. The fourth-order valence-electron chi connectivity index (χ4n) is 2.03. The molecule has 1 aromatic carbocycles. The fraction of sp³-hybridized carbons (Fsp3) is 0.467. The first kappa shape index (κ1) is 15.4. The van der Waals surface area contributed by atoms with Crippen LogP contribution >= 0.6 is 0 Å². The van der Waals surface area contributed by atoms with Crippen LogP contribution in [0.5, 0.6) is 0 Å². The summed E-state index contributed by atoms with van der Waals surface area (Å²) in [6.07, 6.45) is 0.669. The molecule has 0 fully saturated rings. The van der Waals surface area contributed by atoms with Crippen molar-refractivity contribution in [2.45, 2.75) is 39.7 Å². The molecule has 0 amide bonds. The van der Waals surface area contributed by atoms with E-state index in [1.165, 1.54) is 0 Å². The molecule has 0 spiro atoms. The lowest BCUT2D eigenvalue weighted by atomic mass is 9.96. The molecule has 0 bridgehead atoms. The average molecular weight is 263 g/mol. The Balaban J connectivity index is 2.93. The molecule has 0 saturated heterocycles. The predicted octanol–water partition coefficient (Wildman–Crippen LogP) is 2.33. The number of carbonyl (C=O) groups excluding carboxylic acids is 1. The summed E-state index contributed by atoms with van der Waals surface area (Å²) in [7, 11) is 0. The maximum Gasteiger partial charge on any atom is 0.305 e. The molecule has 0 aromatic heterocycles. The molecule has 4 heteroatoms. The SMILES string of the molecule is CCCNC(CC(=O)O)C(=O)c1ccc(C)cc1C. The molecule has 0 saturated carbocycles. The summed E-state index contributed by atoms with van der Waals surface area (Å²) >= 11 is 0. The minimum atomic E-state index is -0.966. The van der Waals surface area contributed by atoms with Gasteiger partial charge in [-0.1, -0.05) is 30.7 Å². The maximum atomic E-state index is 12.4. The molecule has 104 valence electrons. The van der Waals surface area contributed by atoms with Crippen LogP contribution in [-0.4, -0.2) is 29.4 Å². The van der Waals surface area contributed by atoms with E-state index in [0.717, 1.165) is 17.5 Å². The lowest BCUT2D eigenvalue weighted by molar-refractivity contribution is -0.137. The number of aryl methyl sites for hydroxylation is 2. The summed E-state index contributed by atoms with van der Waals surface area (Å²) < 4.78 is 0. The normalized spacial score (nSPS) is 12.2. The zero-order chi connectivity index (χ0) is 14.4. The highest BCUT2D eigenvalue weighted by Gasteiger charge is 2.23. The number of ketones is 1. The summed E-state index contributed by atoms with van der Waals surface area (Å²) in [5, 5.41) is 11.9. The van der Waals surface area contributed by atoms with Gasteiger partial charge in [-0.15, -0.1) is 0 Å². The first-order valence-electron chi connectivity index (χ1n) is 6.52. The van der Waals surface area contributed by atoms with E-state index >= 15 is 0 Å². The van der Waals surface area contributed by atoms with Crippen molar-refractivity contribution in [2.75, 3.05) is 6.54 Å². The molecule has 4 nitrogen and oxygen atoms in total. The van der Waals surface area contributed by atoms with Crippen molar-refractivity contribution >= 4 is 11.8 Å². The lowest BCUT2D eigenvalue weighted by Crippen LogP contribution is -2.39. The van der Waals surface area contributed by atoms with Gasteiger partial charge in [0.2, 0.25) is 0 Å². The number of carboxylic acids is 1. The van der Waals surface area contributed by atoms with Gasteiger partial charge in [0.25, 0.3) is 0 Å². The zero-order valence-electron chi connectivity index (χ0n) is 11.7. The van der Waals surface area contributed by atoms with Gasteiger partial charge in [0.15, 0.2) is 5.78 Å². The van der Waals surface area contributed by atoms with Crippen molar-refractivity contribution in [3.8, 4) is 0 Å². The van der Waals surface area contributed by atoms with Crippen molar-refractivity contribution in [3.63, 3.8) is 0 Å². The Morgan fingerprint density at radius 3 is 2.53 bits per heavy atom. The summed E-state index contributed by atoms with van der Waals surface area (Å²) in [4.78, 5) is 23.2. The lowest BCUT2D eigenvalue weighted by Gasteiger charge is -2.16. The van der Waals surface area contributed by atoms with E-state index in [1.54, 1.807) is 6.07 Å². The smallest absolute Gasteiger partial charge is 0.305 e. The third-order valence-corrected chi connectivity index (χ3v) is 2.98. The van der Waals surface area contributed by atoms with Crippen LogP contribution in [0.15, 0.2) is 18.2 Å². The number of aliphatic carboxylic acids is 1. The Labute approximate surface area is 113 Å². The second kappa shape index (κ2) is 7.04. The van der Waals surface area contributed by atoms with Gasteiger partial charge in [-0.05, 0) is 32.4 Å². The van der Waals surface area contributed by atoms with Gasteiger partial charge in [-0.25, -0.2) is 0 Å². The highest BCUT2D eigenvalue weighted by molar-refractivity contribution is 6.02. The fourth-order valence-corrected chi connectivity index (χ4v) is 2.03. The molecular weight excluding hydrogens is 242 g/mol. The number of benzene rings is 1. The molecule has 1 rings (SSSR count). The van der Waals surface area contributed by atoms with E-state index in [4.69, 9.17) is 5.11 Å². The van der Waals surface area contributed by atoms with Crippen molar-refractivity contribution in [1.29, 1.82) is 0 Å². The molecule has 0 aliphatic heterocycles. The molecule has 0 aliphatic rings. The van der Waals surface area contributed by atoms with Crippen LogP contribution < -0.4 is 5.32 Å². The topological polar surface area (TPSA) is 66.4 Å². The number of carboxylic acid groups (broad SMARTS) is 1. The van der Waals surface area contributed by atoms with Gasteiger partial charge in [0, 0.05) is 5.56 Å². The maximum absolute atomic E-state index is 12.4. The second-order valence-electron chi connectivity index (χ2n) is 4.79. The molecule has 0 heterocycles. The molecule has 19 heavy (non-hydrogen) atoms. The van der Waals surface area contributed by atoms with E-state index in [0.29, 0.717) is 12.1 Å². The van der Waals surface area contributed by atoms with Crippen molar-refractivity contribution in [2.24, 2.45) is 0 Å². The molecule has 2 N–H and O–H groups in total. The van der Waals surface area contributed by atoms with Gasteiger partial charge in [-0.3, -0.25) is 9.59 Å². The minimum Gasteiger partial charge on any atom is -0.481 e. The Hall–Kier alpha value is -1.68. The third kappa shape index (κ3) is 4.48. The Kier molecular flexibility index (Phi) is 5.70. The third-order valence-electron chi connectivity index (χ3n) is 2.98. The van der Waals surface area contributed by atoms with Gasteiger partial charge < -0.3 is 10.4 Å². The summed E-state index contributed by atoms with van der Waals surface area (Å²) in [5.41, 5.74) is 2.57. The van der Waals surface area contributed by atoms with Crippen LogP contribution in [0.3, 0.4) is 0 Å². The Morgan fingerprint density at radius 2 is 2.00 bits per heavy atom. The minimum absolute atomic E-state index is 0.145. The number of hydrogen-bond donors (Lipinski definition) is 2. The second-order valence-corrected chi connectivity index (χ2v) is 4.79. The number of carbonyl (C=O) groups is 2. The number of nitrogens with one attached hydrogen (secondary N) is 1. The number of rotatable bonds is 7. The van der Waals surface area contributed by atoms with E-state index in [2.05, 4.69) is 5.32 Å². The van der Waals surface area contributed by atoms with Crippen LogP contribution in [0.1, 0.15) is 41.3 Å². The molecule has 1 unspecified atom stereocenters. The monoisotopic (exact) mass is 263 g/mol. The van der Waals surface area contributed by atoms with Crippen LogP contribution in [0.2, 0.25) is 0 Å². The highest BCUT2D eigenvalue weighted by Crippen LogP contribution is 2.14.